The van der Waals surface area contributed by atoms with Crippen molar-refractivity contribution < 1.29 is 26.0 Å². The van der Waals surface area contributed by atoms with E-state index in [9.17, 15) is 21.2 Å². The highest BCUT2D eigenvalue weighted by molar-refractivity contribution is 7.93. The van der Waals surface area contributed by atoms with Crippen molar-refractivity contribution in [2.45, 2.75) is 9.79 Å². The van der Waals surface area contributed by atoms with Gasteiger partial charge in [0.25, 0.3) is 20.0 Å². The predicted octanol–water partition coefficient (Wildman–Crippen LogP) is 3.44. The minimum absolute atomic E-state index is 0.0176. The fraction of sp³-hybridized carbons (Fsp3) is 0.0526. The van der Waals surface area contributed by atoms with Gasteiger partial charge in [0, 0.05) is 0 Å². The Bertz CT molecular complexity index is 1230. The summed E-state index contributed by atoms with van der Waals surface area (Å²) in [4.78, 5) is -0.244. The molecule has 10 heteroatoms. The summed E-state index contributed by atoms with van der Waals surface area (Å²) in [5.74, 6) is -0.233. The molecule has 0 amide bonds. The topological polar surface area (TPSA) is 102 Å². The average molecular weight is 436 g/mol. The molecule has 3 rings (SSSR count). The van der Waals surface area contributed by atoms with Crippen LogP contribution in [0.4, 0.5) is 15.8 Å². The molecule has 29 heavy (non-hydrogen) atoms. The number of nitrogens with one attached hydrogen (secondary N) is 2. The van der Waals surface area contributed by atoms with E-state index >= 15 is 0 Å². The zero-order valence-electron chi connectivity index (χ0n) is 15.2. The number of hydrogen-bond acceptors (Lipinski definition) is 5. The summed E-state index contributed by atoms with van der Waals surface area (Å²) in [6.07, 6.45) is 0. The Morgan fingerprint density at radius 2 is 1.41 bits per heavy atom. The summed E-state index contributed by atoms with van der Waals surface area (Å²) in [5, 5.41) is 0. The van der Waals surface area contributed by atoms with Crippen molar-refractivity contribution in [1.82, 2.24) is 0 Å². The van der Waals surface area contributed by atoms with Crippen LogP contribution in [0.3, 0.4) is 0 Å². The number of sulfonamides is 2. The van der Waals surface area contributed by atoms with Gasteiger partial charge in [-0.1, -0.05) is 18.2 Å². The van der Waals surface area contributed by atoms with Crippen molar-refractivity contribution in [3.63, 3.8) is 0 Å². The van der Waals surface area contributed by atoms with E-state index < -0.39 is 25.9 Å². The number of rotatable bonds is 7. The Balaban J connectivity index is 1.86. The normalized spacial score (nSPS) is 11.7. The first-order valence-corrected chi connectivity index (χ1v) is 11.2. The van der Waals surface area contributed by atoms with Gasteiger partial charge in [-0.05, 0) is 54.6 Å². The van der Waals surface area contributed by atoms with E-state index in [1.807, 2.05) is 0 Å². The number of hydrogen-bond donors (Lipinski definition) is 2. The minimum atomic E-state index is -4.13. The molecule has 152 valence electrons. The van der Waals surface area contributed by atoms with Gasteiger partial charge in [-0.3, -0.25) is 9.44 Å². The van der Waals surface area contributed by atoms with Crippen molar-refractivity contribution in [3.05, 3.63) is 78.6 Å². The van der Waals surface area contributed by atoms with E-state index in [1.165, 1.54) is 67.8 Å². The molecule has 2 N–H and O–H groups in total. The van der Waals surface area contributed by atoms with E-state index in [1.54, 1.807) is 0 Å². The van der Waals surface area contributed by atoms with Gasteiger partial charge in [-0.15, -0.1) is 0 Å². The number of halogens is 1. The largest absolute Gasteiger partial charge is 0.497 e. The maximum Gasteiger partial charge on any atom is 0.262 e. The number of anilines is 2. The van der Waals surface area contributed by atoms with Crippen LogP contribution in [0.5, 0.6) is 5.75 Å². The molecule has 0 saturated heterocycles. The third kappa shape index (κ3) is 4.84. The first-order chi connectivity index (χ1) is 13.7. The molecule has 0 spiro atoms. The quantitative estimate of drug-likeness (QED) is 0.591. The van der Waals surface area contributed by atoms with Crippen molar-refractivity contribution in [2.75, 3.05) is 16.6 Å². The van der Waals surface area contributed by atoms with E-state index in [-0.39, 0.29) is 21.2 Å². The van der Waals surface area contributed by atoms with Crippen LogP contribution in [0.25, 0.3) is 0 Å². The van der Waals surface area contributed by atoms with Gasteiger partial charge in [-0.2, -0.15) is 0 Å². The third-order valence-electron chi connectivity index (χ3n) is 3.88. The Morgan fingerprint density at radius 3 is 2.07 bits per heavy atom. The van der Waals surface area contributed by atoms with E-state index in [4.69, 9.17) is 4.74 Å². The molecule has 0 atom stereocenters. The predicted molar refractivity (Wildman–Crippen MR) is 107 cm³/mol. The van der Waals surface area contributed by atoms with Gasteiger partial charge in [0.2, 0.25) is 0 Å². The van der Waals surface area contributed by atoms with E-state index in [0.717, 1.165) is 12.1 Å². The van der Waals surface area contributed by atoms with Crippen molar-refractivity contribution in [2.24, 2.45) is 0 Å². The summed E-state index contributed by atoms with van der Waals surface area (Å²) < 4.78 is 73.4. The van der Waals surface area contributed by atoms with Crippen LogP contribution in [0, 0.1) is 5.82 Å². The number of methoxy groups -OCH3 is 1. The summed E-state index contributed by atoms with van der Waals surface area (Å²) >= 11 is 0. The van der Waals surface area contributed by atoms with Crippen molar-refractivity contribution in [1.29, 1.82) is 0 Å². The smallest absolute Gasteiger partial charge is 0.262 e. The highest BCUT2D eigenvalue weighted by atomic mass is 32.2. The van der Waals surface area contributed by atoms with Crippen LogP contribution >= 0.6 is 0 Å². The molecular weight excluding hydrogens is 419 g/mol. The molecule has 7 nitrogen and oxygen atoms in total. The van der Waals surface area contributed by atoms with Gasteiger partial charge in [0.05, 0.1) is 28.3 Å². The van der Waals surface area contributed by atoms with Crippen molar-refractivity contribution >= 4 is 31.4 Å². The lowest BCUT2D eigenvalue weighted by Gasteiger charge is -2.12. The number of para-hydroxylation sites is 1. The second kappa shape index (κ2) is 8.10. The Hall–Kier alpha value is -3.11. The summed E-state index contributed by atoms with van der Waals surface area (Å²) in [5.41, 5.74) is -0.172. The lowest BCUT2D eigenvalue weighted by atomic mass is 10.3. The molecular formula is C19H17FN2O5S2. The van der Waals surface area contributed by atoms with Crippen LogP contribution in [-0.4, -0.2) is 23.9 Å². The van der Waals surface area contributed by atoms with E-state index in [0.29, 0.717) is 5.75 Å². The average Bonchev–Trinajstić information content (AvgIpc) is 2.69. The molecule has 0 saturated carbocycles. The van der Waals surface area contributed by atoms with Gasteiger partial charge in [-0.25, -0.2) is 21.2 Å². The van der Waals surface area contributed by atoms with Gasteiger partial charge in [0.15, 0.2) is 0 Å². The maximum absolute atomic E-state index is 13.8. The van der Waals surface area contributed by atoms with E-state index in [2.05, 4.69) is 9.44 Å². The minimum Gasteiger partial charge on any atom is -0.497 e. The standard InChI is InChI=1S/C19H17FN2O5S2/c1-27-15-9-11-16(12-10-15)28(23,24)21-14-5-4-6-17(13-14)29(25,26)22-19-8-3-2-7-18(19)20/h2-13,21-22H,1H3. The summed E-state index contributed by atoms with van der Waals surface area (Å²) in [6, 6.07) is 16.2. The number of ether oxygens (including phenoxy) is 1. The summed E-state index contributed by atoms with van der Waals surface area (Å²) in [6.45, 7) is 0. The number of benzene rings is 3. The molecule has 0 radical (unpaired) electrons. The van der Waals surface area contributed by atoms with Gasteiger partial charge >= 0.3 is 0 Å². The highest BCUT2D eigenvalue weighted by Gasteiger charge is 2.19. The fourth-order valence-electron chi connectivity index (χ4n) is 2.44. The maximum atomic E-state index is 13.8. The monoisotopic (exact) mass is 436 g/mol. The van der Waals surface area contributed by atoms with Gasteiger partial charge < -0.3 is 4.74 Å². The van der Waals surface area contributed by atoms with Crippen LogP contribution < -0.4 is 14.2 Å². The highest BCUT2D eigenvalue weighted by Crippen LogP contribution is 2.23. The fourth-order valence-corrected chi connectivity index (χ4v) is 4.61. The Kier molecular flexibility index (Phi) is 5.76. The lowest BCUT2D eigenvalue weighted by molar-refractivity contribution is 0.414. The Morgan fingerprint density at radius 1 is 0.759 bits per heavy atom. The van der Waals surface area contributed by atoms with Gasteiger partial charge in [0.1, 0.15) is 11.6 Å². The zero-order valence-corrected chi connectivity index (χ0v) is 16.8. The molecule has 0 aliphatic carbocycles. The summed E-state index contributed by atoms with van der Waals surface area (Å²) in [7, 11) is -6.61. The first kappa shape index (κ1) is 20.6. The SMILES string of the molecule is COc1ccc(S(=O)(=O)Nc2cccc(S(=O)(=O)Nc3ccccc3F)c2)cc1. The molecule has 3 aromatic carbocycles. The van der Waals surface area contributed by atoms with Crippen LogP contribution in [0.2, 0.25) is 0 Å². The van der Waals surface area contributed by atoms with Crippen LogP contribution in [-0.2, 0) is 20.0 Å². The van der Waals surface area contributed by atoms with Crippen LogP contribution in [0.15, 0.2) is 82.6 Å². The molecule has 0 aromatic heterocycles. The van der Waals surface area contributed by atoms with Crippen LogP contribution in [0.1, 0.15) is 0 Å². The Labute approximate surface area is 168 Å². The molecule has 0 heterocycles. The molecule has 0 bridgehead atoms. The molecule has 0 aliphatic heterocycles. The zero-order chi connectivity index (χ0) is 21.1. The van der Waals surface area contributed by atoms with Crippen molar-refractivity contribution in [3.8, 4) is 5.75 Å². The second-order valence-electron chi connectivity index (χ2n) is 5.89. The molecule has 0 unspecified atom stereocenters. The molecule has 0 aliphatic rings. The molecule has 3 aromatic rings. The molecule has 0 fully saturated rings. The first-order valence-electron chi connectivity index (χ1n) is 8.25. The lowest BCUT2D eigenvalue weighted by Crippen LogP contribution is -2.16. The second-order valence-corrected chi connectivity index (χ2v) is 9.26. The third-order valence-corrected chi connectivity index (χ3v) is 6.64.